The number of carboxylic acids is 1. The Labute approximate surface area is 185 Å². The van der Waals surface area contributed by atoms with Crippen LogP contribution >= 0.6 is 12.4 Å². The molecule has 0 spiro atoms. The molecule has 6 heteroatoms. The summed E-state index contributed by atoms with van der Waals surface area (Å²) in [6.45, 7) is 2.72. The predicted octanol–water partition coefficient (Wildman–Crippen LogP) is 4.65. The molecule has 0 aromatic carbocycles. The largest absolute Gasteiger partial charge is 0.550 e. The Kier molecular flexibility index (Phi) is 20.1. The lowest BCUT2D eigenvalue weighted by molar-refractivity contribution is -0.873. The molecule has 0 aliphatic rings. The van der Waals surface area contributed by atoms with Crippen molar-refractivity contribution in [2.75, 3.05) is 27.7 Å². The second-order valence-electron chi connectivity index (χ2n) is 9.15. The molecule has 5 nitrogen and oxygen atoms in total. The number of likely N-dealkylation sites (N-methyl/N-ethyl adjacent to an activating group) is 1. The van der Waals surface area contributed by atoms with Gasteiger partial charge in [0.1, 0.15) is 6.54 Å². The van der Waals surface area contributed by atoms with E-state index in [0.29, 0.717) is 17.4 Å². The summed E-state index contributed by atoms with van der Waals surface area (Å²) in [6.07, 6.45) is 16.0. The van der Waals surface area contributed by atoms with E-state index in [1.165, 1.54) is 64.2 Å². The molecule has 1 atom stereocenters. The molecule has 0 aliphatic carbocycles. The molecular weight excluding hydrogens is 406 g/mol. The van der Waals surface area contributed by atoms with Crippen LogP contribution in [-0.4, -0.2) is 50.2 Å². The van der Waals surface area contributed by atoms with Crippen LogP contribution < -0.4 is 5.11 Å². The summed E-state index contributed by atoms with van der Waals surface area (Å²) >= 11 is 0. The first-order chi connectivity index (χ1) is 13.2. The molecule has 0 amide bonds. The fraction of sp³-hybridized carbons (Fsp3) is 0.913. The highest BCUT2D eigenvalue weighted by atomic mass is 35.5. The van der Waals surface area contributed by atoms with Crippen molar-refractivity contribution >= 4 is 24.3 Å². The van der Waals surface area contributed by atoms with Crippen LogP contribution in [0, 0.1) is 0 Å². The second kappa shape index (κ2) is 19.2. The minimum absolute atomic E-state index is 0. The number of carbonyl (C=O) groups is 2. The number of quaternary nitrogens is 1. The van der Waals surface area contributed by atoms with Crippen LogP contribution in [-0.2, 0) is 14.3 Å². The summed E-state index contributed by atoms with van der Waals surface area (Å²) in [5.74, 6) is -1.46. The van der Waals surface area contributed by atoms with Gasteiger partial charge >= 0.3 is 5.97 Å². The topological polar surface area (TPSA) is 66.4 Å². The van der Waals surface area contributed by atoms with E-state index >= 15 is 0 Å². The second-order valence-corrected chi connectivity index (χ2v) is 9.15. The van der Waals surface area contributed by atoms with Gasteiger partial charge in [-0.15, -0.1) is 12.4 Å². The Morgan fingerprint density at radius 1 is 0.793 bits per heavy atom. The van der Waals surface area contributed by atoms with E-state index in [0.717, 1.165) is 19.3 Å². The minimum atomic E-state index is -1.17. The number of hydrogen-bond donors (Lipinski definition) is 0. The van der Waals surface area contributed by atoms with Gasteiger partial charge in [0.2, 0.25) is 0 Å². The van der Waals surface area contributed by atoms with Crippen LogP contribution in [0.15, 0.2) is 0 Å². The van der Waals surface area contributed by atoms with Gasteiger partial charge in [-0.05, 0) is 6.42 Å². The van der Waals surface area contributed by atoms with E-state index in [4.69, 9.17) is 4.74 Å². The van der Waals surface area contributed by atoms with E-state index in [1.54, 1.807) is 0 Å². The van der Waals surface area contributed by atoms with Crippen LogP contribution in [0.5, 0.6) is 0 Å². The maximum absolute atomic E-state index is 12.0. The number of carboxylic acid groups (broad SMARTS) is 1. The van der Waals surface area contributed by atoms with Gasteiger partial charge in [-0.2, -0.15) is 0 Å². The average Bonchev–Trinajstić information content (AvgIpc) is 2.56. The molecular formula is C23H46ClNO4. The summed E-state index contributed by atoms with van der Waals surface area (Å²) in [7, 11) is 5.84. The highest BCUT2D eigenvalue weighted by Crippen LogP contribution is 2.13. The summed E-state index contributed by atoms with van der Waals surface area (Å²) < 4.78 is 5.91. The van der Waals surface area contributed by atoms with E-state index in [-0.39, 0.29) is 24.8 Å². The first kappa shape index (κ1) is 30.4. The SMILES string of the molecule is C[N+](C)(C)CC(CC(=O)[O-])O[13C](=O)[13CH2][13CH2][13CH2][13CH2][13CH2][13CH2][13CH2][13CH2][13CH2][13CH2][13CH2][13CH2][13CH2][13CH2][13CH3].Cl. The number of carbonyl (C=O) groups excluding carboxylic acids is 2. The Hall–Kier alpha value is -0.810. The van der Waals surface area contributed by atoms with Gasteiger partial charge in [0, 0.05) is 18.8 Å². The van der Waals surface area contributed by atoms with E-state index in [1.807, 2.05) is 21.1 Å². The predicted molar refractivity (Wildman–Crippen MR) is 120 cm³/mol. The quantitative estimate of drug-likeness (QED) is 0.124. The minimum Gasteiger partial charge on any atom is -0.550 e. The van der Waals surface area contributed by atoms with E-state index < -0.39 is 12.1 Å². The Morgan fingerprint density at radius 3 is 1.59 bits per heavy atom. The van der Waals surface area contributed by atoms with Crippen LogP contribution in [0.2, 0.25) is 0 Å². The molecule has 0 rings (SSSR count). The maximum Gasteiger partial charge on any atom is 0.306 e. The van der Waals surface area contributed by atoms with E-state index in [9.17, 15) is 14.7 Å². The molecule has 174 valence electrons. The Morgan fingerprint density at radius 2 is 1.21 bits per heavy atom. The van der Waals surface area contributed by atoms with Gasteiger partial charge in [-0.25, -0.2) is 0 Å². The molecule has 0 aromatic heterocycles. The fourth-order valence-corrected chi connectivity index (χ4v) is 3.47. The third kappa shape index (κ3) is 23.3. The van der Waals surface area contributed by atoms with Gasteiger partial charge in [-0.1, -0.05) is 84.0 Å². The lowest BCUT2D eigenvalue weighted by Gasteiger charge is -2.29. The molecule has 29 heavy (non-hydrogen) atoms. The highest BCUT2D eigenvalue weighted by Gasteiger charge is 2.22. The number of esters is 1. The first-order valence-corrected chi connectivity index (χ1v) is 11.4. The summed E-state index contributed by atoms with van der Waals surface area (Å²) in [4.78, 5) is 22.8. The molecule has 0 aromatic rings. The van der Waals surface area contributed by atoms with Gasteiger partial charge in [0.15, 0.2) is 6.10 Å². The first-order valence-electron chi connectivity index (χ1n) is 11.4. The average molecular weight is 452 g/mol. The van der Waals surface area contributed by atoms with Crippen molar-refractivity contribution in [3.63, 3.8) is 0 Å². The van der Waals surface area contributed by atoms with Gasteiger partial charge in [0.05, 0.1) is 21.1 Å². The third-order valence-corrected chi connectivity index (χ3v) is 4.93. The molecule has 0 fully saturated rings. The monoisotopic (exact) mass is 451 g/mol. The summed E-state index contributed by atoms with van der Waals surface area (Å²) in [5.41, 5.74) is 0. The molecule has 0 aliphatic heterocycles. The van der Waals surface area contributed by atoms with Crippen LogP contribution in [0.4, 0.5) is 0 Å². The van der Waals surface area contributed by atoms with Crippen molar-refractivity contribution in [3.8, 4) is 0 Å². The summed E-state index contributed by atoms with van der Waals surface area (Å²) in [5, 5.41) is 10.9. The molecule has 0 radical (unpaired) electrons. The molecule has 0 heterocycles. The maximum atomic E-state index is 12.0. The third-order valence-electron chi connectivity index (χ3n) is 4.93. The van der Waals surface area contributed by atoms with Gasteiger partial charge in [0.25, 0.3) is 0 Å². The van der Waals surface area contributed by atoms with Crippen molar-refractivity contribution in [3.05, 3.63) is 0 Å². The summed E-state index contributed by atoms with van der Waals surface area (Å²) in [6, 6.07) is 0. The molecule has 0 saturated carbocycles. The van der Waals surface area contributed by atoms with Gasteiger partial charge in [-0.3, -0.25) is 4.79 Å². The Bertz CT molecular complexity index is 410. The van der Waals surface area contributed by atoms with Crippen molar-refractivity contribution in [1.29, 1.82) is 0 Å². The highest BCUT2D eigenvalue weighted by molar-refractivity contribution is 5.85. The van der Waals surface area contributed by atoms with Crippen LogP contribution in [0.3, 0.4) is 0 Å². The number of aliphatic carboxylic acids is 1. The van der Waals surface area contributed by atoms with Crippen molar-refractivity contribution in [2.24, 2.45) is 0 Å². The van der Waals surface area contributed by atoms with E-state index in [2.05, 4.69) is 6.92 Å². The normalized spacial score (nSPS) is 12.3. The lowest BCUT2D eigenvalue weighted by Crippen LogP contribution is -2.45. The fourth-order valence-electron chi connectivity index (χ4n) is 3.47. The van der Waals surface area contributed by atoms with Crippen molar-refractivity contribution < 1.29 is 23.9 Å². The number of ether oxygens (including phenoxy) is 1. The number of nitrogens with zero attached hydrogens (tertiary/aromatic N) is 1. The van der Waals surface area contributed by atoms with Crippen LogP contribution in [0.25, 0.3) is 0 Å². The number of rotatable bonds is 19. The number of unbranched alkanes of at least 4 members (excludes halogenated alkanes) is 12. The standard InChI is InChI=1S/C23H45NO4.ClH/c1-5-6-7-8-9-10-11-12-13-14-15-16-17-18-23(27)28-21(19-22(25)26)20-24(2,3)4;/h21H,5-20H2,1-4H3;1H/i1+1,5+1,6+1,7+1,8+1,9+1,10+1,11+1,12+1,13+1,14+1,15+1,16+1,17+1,18+1,23+1;. The van der Waals surface area contributed by atoms with Crippen molar-refractivity contribution in [1.82, 2.24) is 0 Å². The zero-order valence-electron chi connectivity index (χ0n) is 19.4. The van der Waals surface area contributed by atoms with Crippen LogP contribution in [0.1, 0.15) is 103 Å². The number of halogens is 1. The zero-order chi connectivity index (χ0) is 21.3. The molecule has 1 unspecified atom stereocenters. The Balaban J connectivity index is 0. The molecule has 0 N–H and O–H groups in total. The number of hydrogen-bond acceptors (Lipinski definition) is 4. The molecule has 0 bridgehead atoms. The molecule has 0 saturated heterocycles. The zero-order valence-corrected chi connectivity index (χ0v) is 20.2. The smallest absolute Gasteiger partial charge is 0.306 e. The van der Waals surface area contributed by atoms with Gasteiger partial charge < -0.3 is 19.1 Å². The van der Waals surface area contributed by atoms with Crippen molar-refractivity contribution in [2.45, 2.75) is 109 Å². The lowest BCUT2D eigenvalue weighted by atomic mass is 10.2.